The Balaban J connectivity index is 2.32. The van der Waals surface area contributed by atoms with Crippen molar-refractivity contribution in [3.63, 3.8) is 0 Å². The van der Waals surface area contributed by atoms with Crippen LogP contribution in [-0.2, 0) is 9.57 Å². The zero-order valence-corrected chi connectivity index (χ0v) is 19.5. The van der Waals surface area contributed by atoms with Crippen LogP contribution in [0.4, 0.5) is 0 Å². The molecule has 0 bridgehead atoms. The van der Waals surface area contributed by atoms with Gasteiger partial charge in [0.25, 0.3) is 0 Å². The normalized spacial score (nSPS) is 12.8. The van der Waals surface area contributed by atoms with Gasteiger partial charge < -0.3 is 15.3 Å². The first-order valence-electron chi connectivity index (χ1n) is 12.0. The van der Waals surface area contributed by atoms with E-state index in [9.17, 15) is 4.79 Å². The quantitative estimate of drug-likeness (QED) is 0.0469. The first-order chi connectivity index (χ1) is 15.7. The number of esters is 1. The maximum atomic E-state index is 12.4. The Kier molecular flexibility index (Phi) is 16.5. The number of ether oxygens (including phenoxy) is 1. The molecule has 2 N–H and O–H groups in total. The highest BCUT2D eigenvalue weighted by molar-refractivity contribution is 5.89. The number of unbranched alkanes of at least 4 members (excludes halogenated alkanes) is 11. The standard InChI is InChI=1S/C25H40N4O3/c1-2-3-4-5-6-7-8-9-10-11-12-13-17-20-24(23(26)21-31-29-28-27)32-25(30)22-18-15-14-16-19-22/h14-20,23-24H,2-13,21,26H2,1H3. The number of hydrogen-bond donors (Lipinski definition) is 1. The molecule has 0 saturated carbocycles. The molecule has 0 spiro atoms. The van der Waals surface area contributed by atoms with Crippen LogP contribution in [0.5, 0.6) is 0 Å². The predicted octanol–water partition coefficient (Wildman–Crippen LogP) is 7.04. The van der Waals surface area contributed by atoms with Gasteiger partial charge in [-0.05, 0) is 36.6 Å². The van der Waals surface area contributed by atoms with Gasteiger partial charge in [-0.1, -0.05) is 95.4 Å². The fraction of sp³-hybridized carbons (Fsp3) is 0.640. The summed E-state index contributed by atoms with van der Waals surface area (Å²) in [7, 11) is 0. The molecule has 0 radical (unpaired) electrons. The van der Waals surface area contributed by atoms with Crippen LogP contribution >= 0.6 is 0 Å². The molecule has 2 atom stereocenters. The molecule has 0 aliphatic heterocycles. The Morgan fingerprint density at radius 2 is 1.62 bits per heavy atom. The SMILES string of the molecule is CCCCCCCCCCCCCC=CC(OC(=O)c1ccccc1)C(N)CON=[N+]=[N-]. The summed E-state index contributed by atoms with van der Waals surface area (Å²) in [5.74, 6) is -0.450. The highest BCUT2D eigenvalue weighted by atomic mass is 16.6. The van der Waals surface area contributed by atoms with Gasteiger partial charge in [-0.3, -0.25) is 0 Å². The van der Waals surface area contributed by atoms with Crippen LogP contribution in [0, 0.1) is 0 Å². The number of carbonyl (C=O) groups is 1. The lowest BCUT2D eigenvalue weighted by atomic mass is 10.0. The van der Waals surface area contributed by atoms with Gasteiger partial charge in [0.2, 0.25) is 0 Å². The zero-order valence-electron chi connectivity index (χ0n) is 19.5. The number of nitrogens with zero attached hydrogens (tertiary/aromatic N) is 3. The molecule has 32 heavy (non-hydrogen) atoms. The van der Waals surface area contributed by atoms with Crippen molar-refractivity contribution in [2.75, 3.05) is 6.61 Å². The first-order valence-corrected chi connectivity index (χ1v) is 12.0. The summed E-state index contributed by atoms with van der Waals surface area (Å²) < 4.78 is 5.57. The number of azide groups is 1. The molecular formula is C25H40N4O3. The second kappa shape index (κ2) is 19.2. The van der Waals surface area contributed by atoms with Crippen molar-refractivity contribution >= 4 is 5.97 Å². The van der Waals surface area contributed by atoms with Gasteiger partial charge in [0, 0.05) is 4.91 Å². The lowest BCUT2D eigenvalue weighted by Gasteiger charge is -2.20. The third kappa shape index (κ3) is 13.7. The second-order valence-electron chi connectivity index (χ2n) is 8.12. The molecule has 0 aromatic heterocycles. The number of carbonyl (C=O) groups excluding carboxylic acids is 1. The predicted molar refractivity (Wildman–Crippen MR) is 129 cm³/mol. The summed E-state index contributed by atoms with van der Waals surface area (Å²) in [6.45, 7) is 2.21. The number of rotatable bonds is 19. The smallest absolute Gasteiger partial charge is 0.338 e. The van der Waals surface area contributed by atoms with E-state index in [1.807, 2.05) is 12.1 Å². The molecule has 0 saturated heterocycles. The minimum absolute atomic E-state index is 0.0421. The van der Waals surface area contributed by atoms with Crippen molar-refractivity contribution in [3.05, 3.63) is 58.5 Å². The van der Waals surface area contributed by atoms with Crippen LogP contribution in [0.1, 0.15) is 94.3 Å². The van der Waals surface area contributed by atoms with E-state index in [1.165, 1.54) is 64.2 Å². The summed E-state index contributed by atoms with van der Waals surface area (Å²) in [4.78, 5) is 19.7. The highest BCUT2D eigenvalue weighted by Gasteiger charge is 2.21. The van der Waals surface area contributed by atoms with Crippen molar-refractivity contribution < 1.29 is 14.4 Å². The van der Waals surface area contributed by atoms with E-state index >= 15 is 0 Å². The number of hydrogen-bond acceptors (Lipinski definition) is 5. The lowest BCUT2D eigenvalue weighted by Crippen LogP contribution is -2.40. The number of benzene rings is 1. The molecule has 0 aliphatic rings. The molecule has 7 nitrogen and oxygen atoms in total. The van der Waals surface area contributed by atoms with Gasteiger partial charge in [-0.2, -0.15) is 0 Å². The van der Waals surface area contributed by atoms with Gasteiger partial charge in [-0.15, -0.1) is 0 Å². The van der Waals surface area contributed by atoms with E-state index in [2.05, 4.69) is 17.1 Å². The molecule has 0 aliphatic carbocycles. The van der Waals surface area contributed by atoms with Crippen LogP contribution in [-0.4, -0.2) is 24.7 Å². The van der Waals surface area contributed by atoms with E-state index < -0.39 is 18.1 Å². The Morgan fingerprint density at radius 1 is 1.03 bits per heavy atom. The minimum Gasteiger partial charge on any atom is -0.453 e. The summed E-state index contributed by atoms with van der Waals surface area (Å²) in [5.41, 5.74) is 14.9. The van der Waals surface area contributed by atoms with Crippen molar-refractivity contribution in [1.82, 2.24) is 0 Å². The monoisotopic (exact) mass is 444 g/mol. The van der Waals surface area contributed by atoms with Gasteiger partial charge in [0.15, 0.2) is 0 Å². The van der Waals surface area contributed by atoms with E-state index in [0.29, 0.717) is 5.56 Å². The van der Waals surface area contributed by atoms with Crippen LogP contribution in [0.25, 0.3) is 10.4 Å². The Labute approximate surface area is 192 Å². The summed E-state index contributed by atoms with van der Waals surface area (Å²) in [5, 5.41) is 3.04. The van der Waals surface area contributed by atoms with E-state index in [0.717, 1.165) is 12.8 Å². The van der Waals surface area contributed by atoms with Crippen LogP contribution in [0.15, 0.2) is 47.8 Å². The van der Waals surface area contributed by atoms with Gasteiger partial charge >= 0.3 is 5.97 Å². The molecule has 1 aromatic carbocycles. The fourth-order valence-electron chi connectivity index (χ4n) is 3.43. The van der Waals surface area contributed by atoms with Crippen molar-refractivity contribution in [3.8, 4) is 0 Å². The van der Waals surface area contributed by atoms with E-state index in [1.54, 1.807) is 30.3 Å². The maximum Gasteiger partial charge on any atom is 0.338 e. The molecule has 1 rings (SSSR count). The van der Waals surface area contributed by atoms with Crippen LogP contribution in [0.3, 0.4) is 0 Å². The molecular weight excluding hydrogens is 404 g/mol. The van der Waals surface area contributed by atoms with Crippen molar-refractivity contribution in [2.45, 2.75) is 96.1 Å². The first kappa shape index (κ1) is 27.5. The van der Waals surface area contributed by atoms with E-state index in [4.69, 9.17) is 20.8 Å². The summed E-state index contributed by atoms with van der Waals surface area (Å²) >= 11 is 0. The topological polar surface area (TPSA) is 110 Å². The van der Waals surface area contributed by atoms with Crippen molar-refractivity contribution in [1.29, 1.82) is 0 Å². The van der Waals surface area contributed by atoms with Gasteiger partial charge in [0.05, 0.1) is 11.6 Å². The zero-order chi connectivity index (χ0) is 23.3. The molecule has 0 heterocycles. The third-order valence-corrected chi connectivity index (χ3v) is 5.34. The van der Waals surface area contributed by atoms with E-state index in [-0.39, 0.29) is 6.61 Å². The molecule has 178 valence electrons. The Morgan fingerprint density at radius 3 is 2.22 bits per heavy atom. The fourth-order valence-corrected chi connectivity index (χ4v) is 3.43. The molecule has 1 aromatic rings. The Hall–Kier alpha value is -2.50. The largest absolute Gasteiger partial charge is 0.453 e. The number of allylic oxidation sites excluding steroid dienone is 1. The highest BCUT2D eigenvalue weighted by Crippen LogP contribution is 2.13. The molecule has 0 amide bonds. The number of nitrogens with two attached hydrogens (primary N) is 1. The van der Waals surface area contributed by atoms with Crippen molar-refractivity contribution in [2.24, 2.45) is 11.0 Å². The molecule has 0 fully saturated rings. The summed E-state index contributed by atoms with van der Waals surface area (Å²) in [6, 6.07) is 8.13. The average molecular weight is 445 g/mol. The molecule has 2 unspecified atom stereocenters. The maximum absolute atomic E-state index is 12.4. The average Bonchev–Trinajstić information content (AvgIpc) is 2.81. The Bertz CT molecular complexity index is 675. The van der Waals surface area contributed by atoms with Gasteiger partial charge in [-0.25, -0.2) is 4.79 Å². The van der Waals surface area contributed by atoms with Crippen LogP contribution < -0.4 is 5.73 Å². The summed E-state index contributed by atoms with van der Waals surface area (Å²) in [6.07, 6.45) is 18.4. The lowest BCUT2D eigenvalue weighted by molar-refractivity contribution is 0.0232. The molecule has 7 heteroatoms. The van der Waals surface area contributed by atoms with Gasteiger partial charge in [0.1, 0.15) is 18.0 Å². The minimum atomic E-state index is -0.663. The van der Waals surface area contributed by atoms with Crippen LogP contribution in [0.2, 0.25) is 0 Å². The third-order valence-electron chi connectivity index (χ3n) is 5.34. The second-order valence-corrected chi connectivity index (χ2v) is 8.12.